The number of hydrogen-bond acceptors (Lipinski definition) is 2. The van der Waals surface area contributed by atoms with Crippen molar-refractivity contribution in [2.75, 3.05) is 9.80 Å². The van der Waals surface area contributed by atoms with E-state index in [1.165, 1.54) is 92.1 Å². The fourth-order valence-corrected chi connectivity index (χ4v) is 12.7. The Bertz CT molecular complexity index is 2810. The van der Waals surface area contributed by atoms with Gasteiger partial charge in [-0.2, -0.15) is 0 Å². The Kier molecular flexibility index (Phi) is 8.57. The Morgan fingerprint density at radius 2 is 1.46 bits per heavy atom. The van der Waals surface area contributed by atoms with E-state index in [2.05, 4.69) is 206 Å². The van der Waals surface area contributed by atoms with Crippen LogP contribution in [0, 0.1) is 11.8 Å². The second kappa shape index (κ2) is 14.2. The van der Waals surface area contributed by atoms with Crippen molar-refractivity contribution in [3.63, 3.8) is 0 Å². The average Bonchev–Trinajstić information content (AvgIpc) is 3.73. The zero-order valence-corrected chi connectivity index (χ0v) is 35.5. The number of nitrogens with zero attached hydrogens (tertiary/aromatic N) is 2. The van der Waals surface area contributed by atoms with Gasteiger partial charge in [0, 0.05) is 45.7 Å². The van der Waals surface area contributed by atoms with Gasteiger partial charge in [-0.1, -0.05) is 160 Å². The predicted molar refractivity (Wildman–Crippen MR) is 255 cm³/mol. The molecule has 0 radical (unpaired) electrons. The lowest BCUT2D eigenvalue weighted by Crippen LogP contribution is -2.43. The molecule has 0 heterocycles. The lowest BCUT2D eigenvalue weighted by atomic mass is 9.60. The normalized spacial score (nSPS) is 27.2. The highest BCUT2D eigenvalue weighted by Crippen LogP contribution is 2.69. The third-order valence-corrected chi connectivity index (χ3v) is 15.4. The van der Waals surface area contributed by atoms with Crippen LogP contribution in [0.4, 0.5) is 17.1 Å². The van der Waals surface area contributed by atoms with Gasteiger partial charge in [0.25, 0.3) is 0 Å². The van der Waals surface area contributed by atoms with E-state index in [-0.39, 0.29) is 16.7 Å². The molecule has 6 atom stereocenters. The topological polar surface area (TPSA) is 6.48 Å². The van der Waals surface area contributed by atoms with Crippen molar-refractivity contribution < 1.29 is 0 Å². The van der Waals surface area contributed by atoms with Gasteiger partial charge in [-0.05, 0) is 137 Å². The molecule has 0 aliphatic heterocycles. The van der Waals surface area contributed by atoms with Crippen molar-refractivity contribution >= 4 is 22.6 Å². The van der Waals surface area contributed by atoms with Gasteiger partial charge in [0.05, 0.1) is 11.5 Å². The first-order valence-corrected chi connectivity index (χ1v) is 23.0. The summed E-state index contributed by atoms with van der Waals surface area (Å²) < 4.78 is 0. The van der Waals surface area contributed by atoms with Gasteiger partial charge in [0.2, 0.25) is 0 Å². The Labute approximate surface area is 362 Å². The molecule has 0 amide bonds. The molecule has 5 aromatic rings. The van der Waals surface area contributed by atoms with Crippen LogP contribution in [0.2, 0.25) is 0 Å². The summed E-state index contributed by atoms with van der Waals surface area (Å²) in [6.07, 6.45) is 34.9. The number of para-hydroxylation sites is 1. The van der Waals surface area contributed by atoms with Crippen LogP contribution in [0.3, 0.4) is 0 Å². The van der Waals surface area contributed by atoms with Crippen LogP contribution in [0.1, 0.15) is 79.3 Å². The largest absolute Gasteiger partial charge is 0.358 e. The molecule has 6 unspecified atom stereocenters. The minimum Gasteiger partial charge on any atom is -0.358 e. The number of anilines is 3. The second-order valence-electron chi connectivity index (χ2n) is 18.8. The second-order valence-corrected chi connectivity index (χ2v) is 18.8. The number of aryl methyl sites for hydroxylation is 2. The Balaban J connectivity index is 1.09. The molecule has 61 heavy (non-hydrogen) atoms. The molecule has 0 bridgehead atoms. The van der Waals surface area contributed by atoms with Gasteiger partial charge >= 0.3 is 0 Å². The van der Waals surface area contributed by atoms with Crippen LogP contribution >= 0.6 is 0 Å². The molecule has 1 spiro atoms. The molecule has 0 saturated carbocycles. The first-order chi connectivity index (χ1) is 30.0. The summed E-state index contributed by atoms with van der Waals surface area (Å²) in [5.41, 5.74) is 19.0. The Hall–Kier alpha value is -6.12. The summed E-state index contributed by atoms with van der Waals surface area (Å²) in [4.78, 5) is 5.35. The minimum atomic E-state index is -0.355. The molecule has 12 rings (SSSR count). The quantitative estimate of drug-likeness (QED) is 0.158. The first-order valence-electron chi connectivity index (χ1n) is 23.0. The van der Waals surface area contributed by atoms with E-state index in [1.54, 1.807) is 5.57 Å². The fourth-order valence-electron chi connectivity index (χ4n) is 12.7. The molecule has 2 nitrogen and oxygen atoms in total. The third kappa shape index (κ3) is 5.47. The van der Waals surface area contributed by atoms with Crippen LogP contribution in [-0.2, 0) is 23.7 Å². The predicted octanol–water partition coefficient (Wildman–Crippen LogP) is 14.1. The van der Waals surface area contributed by atoms with E-state index < -0.39 is 0 Å². The first kappa shape index (κ1) is 36.7. The van der Waals surface area contributed by atoms with Crippen molar-refractivity contribution in [2.24, 2.45) is 11.8 Å². The van der Waals surface area contributed by atoms with Crippen LogP contribution in [0.15, 0.2) is 193 Å². The molecule has 2 heteroatoms. The maximum atomic E-state index is 2.81. The summed E-state index contributed by atoms with van der Waals surface area (Å²) in [6, 6.07) is 44.9. The van der Waals surface area contributed by atoms with Gasteiger partial charge < -0.3 is 9.80 Å². The number of benzene rings is 5. The Morgan fingerprint density at radius 3 is 2.30 bits per heavy atom. The SMILES string of the molecule is CC1C=CC2=C(C1)c1c(N(C3C=CC=CC3)C3C=CCCC3)cccc1C21c2ccccc2C2(C)C=CC(N(c3ccccc3)c3ccc4c(c3)-c3ccccc3CC4)=CC21. The van der Waals surface area contributed by atoms with Crippen molar-refractivity contribution in [1.82, 2.24) is 0 Å². The van der Waals surface area contributed by atoms with E-state index in [1.807, 2.05) is 0 Å². The highest BCUT2D eigenvalue weighted by Gasteiger charge is 2.63. The molecule has 0 fully saturated rings. The van der Waals surface area contributed by atoms with E-state index in [0.29, 0.717) is 18.0 Å². The van der Waals surface area contributed by atoms with Gasteiger partial charge in [0.1, 0.15) is 0 Å². The van der Waals surface area contributed by atoms with Crippen LogP contribution in [-0.4, -0.2) is 12.1 Å². The highest BCUT2D eigenvalue weighted by molar-refractivity contribution is 5.94. The summed E-state index contributed by atoms with van der Waals surface area (Å²) in [5.74, 6) is 0.612. The molecule has 0 aromatic heterocycles. The van der Waals surface area contributed by atoms with Gasteiger partial charge in [-0.25, -0.2) is 0 Å². The van der Waals surface area contributed by atoms with Crippen molar-refractivity contribution in [2.45, 2.75) is 81.7 Å². The summed E-state index contributed by atoms with van der Waals surface area (Å²) >= 11 is 0. The third-order valence-electron chi connectivity index (χ3n) is 15.4. The zero-order valence-electron chi connectivity index (χ0n) is 35.5. The number of allylic oxidation sites excluding steroid dienone is 10. The van der Waals surface area contributed by atoms with Crippen molar-refractivity contribution in [3.8, 4) is 11.1 Å². The summed E-state index contributed by atoms with van der Waals surface area (Å²) in [7, 11) is 0. The molecule has 5 aromatic carbocycles. The average molecular weight is 791 g/mol. The van der Waals surface area contributed by atoms with E-state index in [0.717, 1.165) is 25.7 Å². The molecular formula is C59H54N2. The molecule has 0 saturated heterocycles. The summed E-state index contributed by atoms with van der Waals surface area (Å²) in [5, 5.41) is 0. The van der Waals surface area contributed by atoms with Crippen LogP contribution in [0.25, 0.3) is 16.7 Å². The lowest BCUT2D eigenvalue weighted by molar-refractivity contribution is 0.366. The zero-order chi connectivity index (χ0) is 40.7. The Morgan fingerprint density at radius 1 is 0.656 bits per heavy atom. The van der Waals surface area contributed by atoms with Crippen LogP contribution in [0.5, 0.6) is 0 Å². The number of rotatable bonds is 6. The minimum absolute atomic E-state index is 0.141. The molecule has 7 aliphatic rings. The lowest BCUT2D eigenvalue weighted by Gasteiger charge is -2.43. The van der Waals surface area contributed by atoms with Gasteiger partial charge in [0.15, 0.2) is 0 Å². The van der Waals surface area contributed by atoms with Gasteiger partial charge in [-0.3, -0.25) is 0 Å². The number of fused-ring (bicyclic) bond motifs is 12. The highest BCUT2D eigenvalue weighted by atomic mass is 15.2. The van der Waals surface area contributed by atoms with Crippen molar-refractivity contribution in [3.05, 3.63) is 227 Å². The van der Waals surface area contributed by atoms with Crippen LogP contribution < -0.4 is 9.80 Å². The molecule has 7 aliphatic carbocycles. The maximum Gasteiger partial charge on any atom is 0.0538 e. The molecule has 0 N–H and O–H groups in total. The van der Waals surface area contributed by atoms with E-state index >= 15 is 0 Å². The molecule has 300 valence electrons. The van der Waals surface area contributed by atoms with Gasteiger partial charge in [-0.15, -0.1) is 0 Å². The fraction of sp³-hybridized carbons (Fsp3) is 0.254. The monoisotopic (exact) mass is 790 g/mol. The van der Waals surface area contributed by atoms with E-state index in [9.17, 15) is 0 Å². The summed E-state index contributed by atoms with van der Waals surface area (Å²) in [6.45, 7) is 4.93. The maximum absolute atomic E-state index is 2.81. The smallest absolute Gasteiger partial charge is 0.0538 e. The molecular weight excluding hydrogens is 737 g/mol. The van der Waals surface area contributed by atoms with Crippen molar-refractivity contribution in [1.29, 1.82) is 0 Å². The standard InChI is InChI=1S/C59H54N2/c1-40-29-34-51-50(37-40)57-54(27-16-28-55(57)61(44-20-8-4-9-21-44)45-22-10-5-11-23-45)59(51)53-26-15-14-25-52(53)58(2)36-35-47(39-56(58)59)60(43-18-6-3-7-19-43)46-33-32-42-31-30-41-17-12-13-24-48(41)49(42)38-46/h3-4,6-10,12-20,22,24-29,32-36,38-40,44-45,56H,5,11,21,23,30-31,37H2,1-2H3. The number of hydrogen-bond donors (Lipinski definition) is 0. The van der Waals surface area contributed by atoms with E-state index in [4.69, 9.17) is 0 Å².